The van der Waals surface area contributed by atoms with Gasteiger partial charge in [-0.25, -0.2) is 9.18 Å². The van der Waals surface area contributed by atoms with Gasteiger partial charge in [0.25, 0.3) is 0 Å². The molecule has 0 radical (unpaired) electrons. The molecule has 0 unspecified atom stereocenters. The molecular weight excluding hydrogens is 227 g/mol. The van der Waals surface area contributed by atoms with Gasteiger partial charge in [0.15, 0.2) is 6.61 Å². The van der Waals surface area contributed by atoms with Crippen molar-refractivity contribution in [2.75, 3.05) is 13.2 Å². The lowest BCUT2D eigenvalue weighted by molar-refractivity contribution is -0.158. The van der Waals surface area contributed by atoms with Crippen molar-refractivity contribution < 1.29 is 23.5 Å². The maximum Gasteiger partial charge on any atom is 0.344 e. The van der Waals surface area contributed by atoms with Crippen molar-refractivity contribution in [3.63, 3.8) is 0 Å². The van der Waals surface area contributed by atoms with Crippen LogP contribution in [0.5, 0.6) is 0 Å². The minimum atomic E-state index is -0.664. The van der Waals surface area contributed by atoms with Crippen molar-refractivity contribution >= 4 is 11.9 Å². The van der Waals surface area contributed by atoms with E-state index in [2.05, 4.69) is 9.47 Å². The van der Waals surface area contributed by atoms with Crippen LogP contribution in [0.15, 0.2) is 24.3 Å². The van der Waals surface area contributed by atoms with E-state index in [4.69, 9.17) is 0 Å². The highest BCUT2D eigenvalue weighted by molar-refractivity contribution is 5.77. The molecule has 0 aromatic heterocycles. The molecule has 92 valence electrons. The van der Waals surface area contributed by atoms with E-state index in [1.807, 2.05) is 0 Å². The standard InChI is InChI=1S/C12H13FO4/c1-2-16-12(15)8-17-11(14)7-9-5-3-4-6-10(9)13/h3-6H,2,7-8H2,1H3. The lowest BCUT2D eigenvalue weighted by atomic mass is 10.1. The van der Waals surface area contributed by atoms with Crippen LogP contribution in [0.3, 0.4) is 0 Å². The van der Waals surface area contributed by atoms with Crippen LogP contribution in [0.25, 0.3) is 0 Å². The summed E-state index contributed by atoms with van der Waals surface area (Å²) in [4.78, 5) is 22.2. The Balaban J connectivity index is 2.40. The average Bonchev–Trinajstić information content (AvgIpc) is 2.30. The molecule has 0 heterocycles. The van der Waals surface area contributed by atoms with Gasteiger partial charge in [-0.15, -0.1) is 0 Å². The molecular formula is C12H13FO4. The van der Waals surface area contributed by atoms with E-state index in [0.29, 0.717) is 0 Å². The van der Waals surface area contributed by atoms with Gasteiger partial charge in [0.05, 0.1) is 13.0 Å². The second kappa shape index (κ2) is 6.62. The molecule has 0 aliphatic carbocycles. The predicted octanol–water partition coefficient (Wildman–Crippen LogP) is 1.47. The van der Waals surface area contributed by atoms with E-state index in [-0.39, 0.29) is 18.6 Å². The van der Waals surface area contributed by atoms with Crippen molar-refractivity contribution in [3.05, 3.63) is 35.6 Å². The zero-order chi connectivity index (χ0) is 12.7. The molecule has 1 rings (SSSR count). The van der Waals surface area contributed by atoms with Gasteiger partial charge in [0, 0.05) is 0 Å². The highest BCUT2D eigenvalue weighted by Gasteiger charge is 2.11. The number of halogens is 1. The van der Waals surface area contributed by atoms with Crippen molar-refractivity contribution in [2.45, 2.75) is 13.3 Å². The van der Waals surface area contributed by atoms with Gasteiger partial charge in [-0.05, 0) is 18.6 Å². The molecule has 0 aliphatic heterocycles. The Labute approximate surface area is 98.3 Å². The monoisotopic (exact) mass is 240 g/mol. The summed E-state index contributed by atoms with van der Waals surface area (Å²) in [5.74, 6) is -1.75. The number of carbonyl (C=O) groups is 2. The third-order valence-corrected chi connectivity index (χ3v) is 1.95. The molecule has 17 heavy (non-hydrogen) atoms. The molecule has 1 aromatic carbocycles. The van der Waals surface area contributed by atoms with Crippen molar-refractivity contribution in [1.29, 1.82) is 0 Å². The van der Waals surface area contributed by atoms with Crippen LogP contribution in [0, 0.1) is 5.82 Å². The number of hydrogen-bond donors (Lipinski definition) is 0. The fraction of sp³-hybridized carbons (Fsp3) is 0.333. The van der Waals surface area contributed by atoms with Crippen LogP contribution in [-0.4, -0.2) is 25.2 Å². The fourth-order valence-electron chi connectivity index (χ4n) is 1.19. The quantitative estimate of drug-likeness (QED) is 0.731. The van der Waals surface area contributed by atoms with Gasteiger partial charge in [-0.2, -0.15) is 0 Å². The number of ether oxygens (including phenoxy) is 2. The maximum absolute atomic E-state index is 13.2. The average molecular weight is 240 g/mol. The molecule has 4 nitrogen and oxygen atoms in total. The van der Waals surface area contributed by atoms with Gasteiger partial charge >= 0.3 is 11.9 Å². The Morgan fingerprint density at radius 1 is 1.18 bits per heavy atom. The summed E-state index contributed by atoms with van der Waals surface area (Å²) in [6.45, 7) is 1.43. The number of carbonyl (C=O) groups excluding carboxylic acids is 2. The highest BCUT2D eigenvalue weighted by Crippen LogP contribution is 2.07. The van der Waals surface area contributed by atoms with Crippen molar-refractivity contribution in [2.24, 2.45) is 0 Å². The normalized spacial score (nSPS) is 9.76. The molecule has 0 amide bonds. The van der Waals surface area contributed by atoms with E-state index in [9.17, 15) is 14.0 Å². The van der Waals surface area contributed by atoms with Crippen molar-refractivity contribution in [1.82, 2.24) is 0 Å². The first kappa shape index (κ1) is 13.2. The molecule has 0 aliphatic rings. The van der Waals surface area contributed by atoms with Crippen LogP contribution in [0.4, 0.5) is 4.39 Å². The second-order valence-electron chi connectivity index (χ2n) is 3.23. The minimum absolute atomic E-state index is 0.202. The molecule has 0 spiro atoms. The summed E-state index contributed by atoms with van der Waals surface area (Å²) in [7, 11) is 0. The van der Waals surface area contributed by atoms with Gasteiger partial charge < -0.3 is 9.47 Å². The number of rotatable bonds is 5. The van der Waals surface area contributed by atoms with Crippen LogP contribution in [0.1, 0.15) is 12.5 Å². The van der Waals surface area contributed by atoms with Gasteiger partial charge in [0.1, 0.15) is 5.82 Å². The largest absolute Gasteiger partial charge is 0.463 e. The highest BCUT2D eigenvalue weighted by atomic mass is 19.1. The molecule has 0 fully saturated rings. The van der Waals surface area contributed by atoms with E-state index >= 15 is 0 Å². The third-order valence-electron chi connectivity index (χ3n) is 1.95. The Morgan fingerprint density at radius 3 is 2.53 bits per heavy atom. The Bertz CT molecular complexity index is 403. The molecule has 0 saturated carbocycles. The van der Waals surface area contributed by atoms with Crippen LogP contribution < -0.4 is 0 Å². The van der Waals surface area contributed by atoms with Crippen LogP contribution >= 0.6 is 0 Å². The molecule has 5 heteroatoms. The van der Waals surface area contributed by atoms with Gasteiger partial charge in [-0.3, -0.25) is 4.79 Å². The minimum Gasteiger partial charge on any atom is -0.463 e. The lowest BCUT2D eigenvalue weighted by Crippen LogP contribution is -2.17. The first-order valence-corrected chi connectivity index (χ1v) is 5.18. The van der Waals surface area contributed by atoms with E-state index < -0.39 is 24.4 Å². The molecule has 0 atom stereocenters. The van der Waals surface area contributed by atoms with Crippen LogP contribution in [0.2, 0.25) is 0 Å². The zero-order valence-electron chi connectivity index (χ0n) is 9.44. The van der Waals surface area contributed by atoms with Gasteiger partial charge in [-0.1, -0.05) is 18.2 Å². The summed E-state index contributed by atoms with van der Waals surface area (Å²) in [6.07, 6.45) is -0.202. The smallest absolute Gasteiger partial charge is 0.344 e. The molecule has 0 N–H and O–H groups in total. The SMILES string of the molecule is CCOC(=O)COC(=O)Cc1ccccc1F. The van der Waals surface area contributed by atoms with E-state index in [0.717, 1.165) is 0 Å². The summed E-state index contributed by atoms with van der Waals surface area (Å²) in [6, 6.07) is 5.90. The molecule has 0 bridgehead atoms. The summed E-state index contributed by atoms with van der Waals surface area (Å²) in [5, 5.41) is 0. The summed E-state index contributed by atoms with van der Waals surface area (Å²) < 4.78 is 22.4. The molecule has 1 aromatic rings. The van der Waals surface area contributed by atoms with E-state index in [1.165, 1.54) is 18.2 Å². The van der Waals surface area contributed by atoms with Gasteiger partial charge in [0.2, 0.25) is 0 Å². The predicted molar refractivity (Wildman–Crippen MR) is 57.7 cm³/mol. The maximum atomic E-state index is 13.2. The first-order valence-electron chi connectivity index (χ1n) is 5.18. The second-order valence-corrected chi connectivity index (χ2v) is 3.23. The summed E-state index contributed by atoms with van der Waals surface area (Å²) in [5.41, 5.74) is 0.237. The Morgan fingerprint density at radius 2 is 1.88 bits per heavy atom. The van der Waals surface area contributed by atoms with E-state index in [1.54, 1.807) is 13.0 Å². The van der Waals surface area contributed by atoms with Crippen molar-refractivity contribution in [3.8, 4) is 0 Å². The number of hydrogen-bond acceptors (Lipinski definition) is 4. The van der Waals surface area contributed by atoms with Crippen LogP contribution in [-0.2, 0) is 25.5 Å². The third kappa shape index (κ3) is 4.63. The topological polar surface area (TPSA) is 52.6 Å². The number of benzene rings is 1. The Kier molecular flexibility index (Phi) is 5.13. The first-order chi connectivity index (χ1) is 8.13. The lowest BCUT2D eigenvalue weighted by Gasteiger charge is -2.05. The fourth-order valence-corrected chi connectivity index (χ4v) is 1.19. The Hall–Kier alpha value is -1.91. The number of esters is 2. The summed E-state index contributed by atoms with van der Waals surface area (Å²) >= 11 is 0. The molecule has 0 saturated heterocycles. The zero-order valence-corrected chi connectivity index (χ0v) is 9.44.